The third-order valence-corrected chi connectivity index (χ3v) is 3.29. The van der Waals surface area contributed by atoms with Gasteiger partial charge in [0.2, 0.25) is 0 Å². The van der Waals surface area contributed by atoms with Crippen molar-refractivity contribution in [2.45, 2.75) is 18.6 Å². The topological polar surface area (TPSA) is 46.2 Å². The molecule has 0 spiro atoms. The van der Waals surface area contributed by atoms with Crippen LogP contribution in [0, 0.1) is 0 Å². The molecule has 94 valence electrons. The fourth-order valence-corrected chi connectivity index (χ4v) is 2.19. The van der Waals surface area contributed by atoms with E-state index in [-0.39, 0.29) is 6.04 Å². The van der Waals surface area contributed by atoms with Gasteiger partial charge < -0.3 is 10.8 Å². The summed E-state index contributed by atoms with van der Waals surface area (Å²) >= 11 is 6.05. The van der Waals surface area contributed by atoms with Crippen LogP contribution in [0.2, 0.25) is 5.02 Å². The van der Waals surface area contributed by atoms with Crippen LogP contribution in [-0.2, 0) is 6.42 Å². The van der Waals surface area contributed by atoms with Crippen molar-refractivity contribution in [2.24, 2.45) is 5.73 Å². The number of halogens is 1. The van der Waals surface area contributed by atoms with E-state index in [4.69, 9.17) is 17.3 Å². The van der Waals surface area contributed by atoms with Gasteiger partial charge in [-0.05, 0) is 18.1 Å². The second kappa shape index (κ2) is 6.01. The molecule has 2 atom stereocenters. The SMILES string of the molecule is NC(Cc1ccccc1)C(O)c1ccccc1Cl. The summed E-state index contributed by atoms with van der Waals surface area (Å²) in [6.45, 7) is 0. The normalized spacial score (nSPS) is 14.2. The maximum Gasteiger partial charge on any atom is 0.0958 e. The Kier molecular flexibility index (Phi) is 4.37. The largest absolute Gasteiger partial charge is 0.387 e. The number of hydrogen-bond donors (Lipinski definition) is 2. The van der Waals surface area contributed by atoms with Gasteiger partial charge in [0.25, 0.3) is 0 Å². The van der Waals surface area contributed by atoms with Crippen molar-refractivity contribution in [1.29, 1.82) is 0 Å². The minimum atomic E-state index is -0.751. The Labute approximate surface area is 112 Å². The standard InChI is InChI=1S/C15H16ClNO/c16-13-9-5-4-8-12(13)15(18)14(17)10-11-6-2-1-3-7-11/h1-9,14-15,18H,10,17H2. The van der Waals surface area contributed by atoms with Crippen molar-refractivity contribution in [3.8, 4) is 0 Å². The zero-order valence-electron chi connectivity index (χ0n) is 9.96. The van der Waals surface area contributed by atoms with Crippen LogP contribution in [0.4, 0.5) is 0 Å². The molecule has 0 amide bonds. The van der Waals surface area contributed by atoms with Crippen molar-refractivity contribution in [3.63, 3.8) is 0 Å². The third kappa shape index (κ3) is 3.10. The lowest BCUT2D eigenvalue weighted by atomic mass is 9.97. The van der Waals surface area contributed by atoms with Gasteiger partial charge in [-0.25, -0.2) is 0 Å². The number of aliphatic hydroxyl groups is 1. The quantitative estimate of drug-likeness (QED) is 0.889. The maximum absolute atomic E-state index is 10.2. The van der Waals surface area contributed by atoms with Crippen molar-refractivity contribution in [1.82, 2.24) is 0 Å². The number of rotatable bonds is 4. The van der Waals surface area contributed by atoms with Crippen molar-refractivity contribution in [3.05, 3.63) is 70.7 Å². The summed E-state index contributed by atoms with van der Waals surface area (Å²) in [5, 5.41) is 10.8. The van der Waals surface area contributed by atoms with Crippen LogP contribution in [0.5, 0.6) is 0 Å². The molecule has 0 aliphatic heterocycles. The first kappa shape index (κ1) is 13.1. The predicted octanol–water partition coefficient (Wildman–Crippen LogP) is 2.94. The molecular formula is C15H16ClNO. The summed E-state index contributed by atoms with van der Waals surface area (Å²) in [7, 11) is 0. The van der Waals surface area contributed by atoms with Crippen LogP contribution in [0.3, 0.4) is 0 Å². The maximum atomic E-state index is 10.2. The fourth-order valence-electron chi connectivity index (χ4n) is 1.94. The molecule has 2 aromatic rings. The Bertz CT molecular complexity index is 501. The molecule has 0 saturated carbocycles. The van der Waals surface area contributed by atoms with Gasteiger partial charge in [-0.1, -0.05) is 60.1 Å². The van der Waals surface area contributed by atoms with Crippen LogP contribution >= 0.6 is 11.6 Å². The summed E-state index contributed by atoms with van der Waals surface area (Å²) < 4.78 is 0. The summed E-state index contributed by atoms with van der Waals surface area (Å²) in [5.74, 6) is 0. The highest BCUT2D eigenvalue weighted by atomic mass is 35.5. The highest BCUT2D eigenvalue weighted by Gasteiger charge is 2.19. The van der Waals surface area contributed by atoms with E-state index in [0.29, 0.717) is 17.0 Å². The first-order chi connectivity index (χ1) is 8.68. The van der Waals surface area contributed by atoms with Gasteiger partial charge in [-0.3, -0.25) is 0 Å². The van der Waals surface area contributed by atoms with Gasteiger partial charge in [0.05, 0.1) is 6.10 Å². The van der Waals surface area contributed by atoms with E-state index in [1.54, 1.807) is 12.1 Å². The Hall–Kier alpha value is -1.35. The molecule has 2 aromatic carbocycles. The molecule has 0 aliphatic carbocycles. The van der Waals surface area contributed by atoms with Gasteiger partial charge in [-0.2, -0.15) is 0 Å². The number of nitrogens with two attached hydrogens (primary N) is 1. The minimum Gasteiger partial charge on any atom is -0.387 e. The van der Waals surface area contributed by atoms with E-state index in [1.807, 2.05) is 42.5 Å². The Morgan fingerprint density at radius 3 is 2.28 bits per heavy atom. The summed E-state index contributed by atoms with van der Waals surface area (Å²) in [6.07, 6.45) is -0.133. The molecule has 2 nitrogen and oxygen atoms in total. The van der Waals surface area contributed by atoms with Crippen molar-refractivity contribution in [2.75, 3.05) is 0 Å². The Morgan fingerprint density at radius 2 is 1.61 bits per heavy atom. The van der Waals surface area contributed by atoms with Crippen LogP contribution in [0.15, 0.2) is 54.6 Å². The van der Waals surface area contributed by atoms with E-state index in [1.165, 1.54) is 0 Å². The van der Waals surface area contributed by atoms with Gasteiger partial charge >= 0.3 is 0 Å². The minimum absolute atomic E-state index is 0.368. The highest BCUT2D eigenvalue weighted by molar-refractivity contribution is 6.31. The summed E-state index contributed by atoms with van der Waals surface area (Å²) in [5.41, 5.74) is 7.83. The van der Waals surface area contributed by atoms with Crippen molar-refractivity contribution < 1.29 is 5.11 Å². The number of benzene rings is 2. The zero-order valence-corrected chi connectivity index (χ0v) is 10.7. The van der Waals surface area contributed by atoms with Crippen LogP contribution in [0.25, 0.3) is 0 Å². The fraction of sp³-hybridized carbons (Fsp3) is 0.200. The molecule has 2 unspecified atom stereocenters. The molecule has 0 saturated heterocycles. The lowest BCUT2D eigenvalue weighted by Crippen LogP contribution is -2.30. The van der Waals surface area contributed by atoms with Gasteiger partial charge in [0, 0.05) is 16.6 Å². The summed E-state index contributed by atoms with van der Waals surface area (Å²) in [6, 6.07) is 16.8. The van der Waals surface area contributed by atoms with Crippen molar-refractivity contribution >= 4 is 11.6 Å². The van der Waals surface area contributed by atoms with Gasteiger partial charge in [0.1, 0.15) is 0 Å². The summed E-state index contributed by atoms with van der Waals surface area (Å²) in [4.78, 5) is 0. The first-order valence-electron chi connectivity index (χ1n) is 5.90. The predicted molar refractivity (Wildman–Crippen MR) is 74.5 cm³/mol. The van der Waals surface area contributed by atoms with Crippen LogP contribution < -0.4 is 5.73 Å². The molecule has 3 heteroatoms. The highest BCUT2D eigenvalue weighted by Crippen LogP contribution is 2.25. The monoisotopic (exact) mass is 261 g/mol. The van der Waals surface area contributed by atoms with E-state index in [0.717, 1.165) is 5.56 Å². The third-order valence-electron chi connectivity index (χ3n) is 2.94. The average Bonchev–Trinajstić information content (AvgIpc) is 2.39. The Balaban J connectivity index is 2.10. The average molecular weight is 262 g/mol. The molecule has 0 aliphatic rings. The smallest absolute Gasteiger partial charge is 0.0958 e. The van der Waals surface area contributed by atoms with E-state index in [2.05, 4.69) is 0 Å². The lowest BCUT2D eigenvalue weighted by molar-refractivity contribution is 0.146. The van der Waals surface area contributed by atoms with E-state index < -0.39 is 6.10 Å². The lowest BCUT2D eigenvalue weighted by Gasteiger charge is -2.20. The second-order valence-corrected chi connectivity index (χ2v) is 4.73. The molecule has 0 fully saturated rings. The molecule has 0 heterocycles. The Morgan fingerprint density at radius 1 is 1.00 bits per heavy atom. The van der Waals surface area contributed by atoms with Gasteiger partial charge in [-0.15, -0.1) is 0 Å². The van der Waals surface area contributed by atoms with Crippen LogP contribution in [-0.4, -0.2) is 11.1 Å². The zero-order chi connectivity index (χ0) is 13.0. The molecule has 18 heavy (non-hydrogen) atoms. The molecule has 0 bridgehead atoms. The number of hydrogen-bond acceptors (Lipinski definition) is 2. The molecule has 0 radical (unpaired) electrons. The number of aliphatic hydroxyl groups excluding tert-OH is 1. The first-order valence-corrected chi connectivity index (χ1v) is 6.28. The van der Waals surface area contributed by atoms with Crippen LogP contribution in [0.1, 0.15) is 17.2 Å². The second-order valence-electron chi connectivity index (χ2n) is 4.32. The molecule has 2 rings (SSSR count). The van der Waals surface area contributed by atoms with Gasteiger partial charge in [0.15, 0.2) is 0 Å². The molecule has 3 N–H and O–H groups in total. The van der Waals surface area contributed by atoms with E-state index >= 15 is 0 Å². The van der Waals surface area contributed by atoms with E-state index in [9.17, 15) is 5.11 Å². The molecular weight excluding hydrogens is 246 g/mol. The molecule has 0 aromatic heterocycles.